The summed E-state index contributed by atoms with van der Waals surface area (Å²) in [4.78, 5) is 2.28. The number of ether oxygens (including phenoxy) is 2. The van der Waals surface area contributed by atoms with Gasteiger partial charge in [-0.3, -0.25) is 4.90 Å². The molecular weight excluding hydrogens is 206 g/mol. The van der Waals surface area contributed by atoms with Crippen LogP contribution in [0, 0.1) is 0 Å². The molecule has 0 fully saturated rings. The topological polar surface area (TPSA) is 41.9 Å². The lowest BCUT2D eigenvalue weighted by Crippen LogP contribution is -2.43. The lowest BCUT2D eigenvalue weighted by Gasteiger charge is -2.31. The first-order chi connectivity index (χ1) is 7.69. The molecule has 0 bridgehead atoms. The number of methoxy groups -OCH3 is 2. The Bertz CT molecular complexity index is 151. The summed E-state index contributed by atoms with van der Waals surface area (Å²) in [6, 6.07) is 0.515. The van der Waals surface area contributed by atoms with E-state index in [0.717, 1.165) is 19.4 Å². The minimum Gasteiger partial charge on any atom is -0.389 e. The molecule has 0 saturated heterocycles. The highest BCUT2D eigenvalue weighted by molar-refractivity contribution is 4.72. The van der Waals surface area contributed by atoms with Gasteiger partial charge < -0.3 is 14.6 Å². The Morgan fingerprint density at radius 1 is 1.12 bits per heavy atom. The Morgan fingerprint density at radius 2 is 1.75 bits per heavy atom. The van der Waals surface area contributed by atoms with Crippen LogP contribution in [0.3, 0.4) is 0 Å². The van der Waals surface area contributed by atoms with Crippen LogP contribution in [0.15, 0.2) is 0 Å². The van der Waals surface area contributed by atoms with Gasteiger partial charge in [-0.1, -0.05) is 13.8 Å². The van der Waals surface area contributed by atoms with Gasteiger partial charge >= 0.3 is 0 Å². The Balaban J connectivity index is 4.17. The predicted molar refractivity (Wildman–Crippen MR) is 65.7 cm³/mol. The van der Waals surface area contributed by atoms with Gasteiger partial charge in [0.05, 0.1) is 19.3 Å². The van der Waals surface area contributed by atoms with Crippen LogP contribution in [0.4, 0.5) is 0 Å². The molecule has 0 aliphatic carbocycles. The molecule has 0 heterocycles. The van der Waals surface area contributed by atoms with Crippen LogP contribution in [0.1, 0.15) is 26.7 Å². The predicted octanol–water partition coefficient (Wildman–Crippen LogP) is 1.13. The van der Waals surface area contributed by atoms with Crippen molar-refractivity contribution < 1.29 is 14.6 Å². The molecule has 1 unspecified atom stereocenters. The standard InChI is InChI=1S/C12H27NO3/c1-5-11(6-2)13(7-8-15-3)9-12(14)10-16-4/h11-12,14H,5-10H2,1-4H3. The average Bonchev–Trinajstić information content (AvgIpc) is 2.27. The number of aliphatic hydroxyl groups is 1. The van der Waals surface area contributed by atoms with E-state index >= 15 is 0 Å². The number of aliphatic hydroxyl groups excluding tert-OH is 1. The highest BCUT2D eigenvalue weighted by atomic mass is 16.5. The van der Waals surface area contributed by atoms with E-state index in [1.165, 1.54) is 0 Å². The fourth-order valence-corrected chi connectivity index (χ4v) is 1.95. The van der Waals surface area contributed by atoms with Crippen molar-refractivity contribution >= 4 is 0 Å². The lowest BCUT2D eigenvalue weighted by atomic mass is 10.1. The molecule has 1 atom stereocenters. The number of hydrogen-bond acceptors (Lipinski definition) is 4. The zero-order valence-corrected chi connectivity index (χ0v) is 11.1. The van der Waals surface area contributed by atoms with E-state index in [-0.39, 0.29) is 0 Å². The summed E-state index contributed by atoms with van der Waals surface area (Å²) in [6.07, 6.45) is 1.78. The van der Waals surface area contributed by atoms with Crippen LogP contribution < -0.4 is 0 Å². The van der Waals surface area contributed by atoms with Crippen LogP contribution in [0.2, 0.25) is 0 Å². The molecule has 16 heavy (non-hydrogen) atoms. The van der Waals surface area contributed by atoms with Crippen molar-refractivity contribution in [2.75, 3.05) is 40.5 Å². The number of hydrogen-bond donors (Lipinski definition) is 1. The summed E-state index contributed by atoms with van der Waals surface area (Å²) in [5, 5.41) is 9.75. The molecule has 0 aliphatic heterocycles. The van der Waals surface area contributed by atoms with Crippen LogP contribution in [-0.4, -0.2) is 62.7 Å². The summed E-state index contributed by atoms with van der Waals surface area (Å²) in [7, 11) is 3.32. The van der Waals surface area contributed by atoms with E-state index in [1.54, 1.807) is 14.2 Å². The van der Waals surface area contributed by atoms with E-state index in [2.05, 4.69) is 18.7 Å². The second kappa shape index (κ2) is 10.0. The van der Waals surface area contributed by atoms with E-state index in [0.29, 0.717) is 25.8 Å². The van der Waals surface area contributed by atoms with Crippen molar-refractivity contribution in [3.63, 3.8) is 0 Å². The molecule has 0 rings (SSSR count). The minimum absolute atomic E-state index is 0.392. The fourth-order valence-electron chi connectivity index (χ4n) is 1.95. The smallest absolute Gasteiger partial charge is 0.0900 e. The molecule has 0 radical (unpaired) electrons. The van der Waals surface area contributed by atoms with Gasteiger partial charge in [0.1, 0.15) is 0 Å². The second-order valence-corrected chi connectivity index (χ2v) is 4.07. The quantitative estimate of drug-likeness (QED) is 0.614. The minimum atomic E-state index is -0.414. The van der Waals surface area contributed by atoms with Gasteiger partial charge in [0.15, 0.2) is 0 Å². The fraction of sp³-hybridized carbons (Fsp3) is 1.00. The van der Waals surface area contributed by atoms with Gasteiger partial charge in [0.2, 0.25) is 0 Å². The first-order valence-corrected chi connectivity index (χ1v) is 6.09. The first-order valence-electron chi connectivity index (χ1n) is 6.09. The molecule has 0 aromatic heterocycles. The molecule has 0 amide bonds. The highest BCUT2D eigenvalue weighted by Crippen LogP contribution is 2.09. The van der Waals surface area contributed by atoms with Crippen LogP contribution in [-0.2, 0) is 9.47 Å². The molecule has 0 aromatic carbocycles. The third-order valence-corrected chi connectivity index (χ3v) is 2.85. The number of rotatable bonds is 10. The largest absolute Gasteiger partial charge is 0.389 e. The van der Waals surface area contributed by atoms with Gasteiger partial charge in [-0.15, -0.1) is 0 Å². The third kappa shape index (κ3) is 6.43. The molecule has 98 valence electrons. The molecule has 1 N–H and O–H groups in total. The van der Waals surface area contributed by atoms with Gasteiger partial charge in [-0.25, -0.2) is 0 Å². The zero-order valence-electron chi connectivity index (χ0n) is 11.1. The SMILES string of the molecule is CCC(CC)N(CCOC)CC(O)COC. The van der Waals surface area contributed by atoms with E-state index in [4.69, 9.17) is 9.47 Å². The van der Waals surface area contributed by atoms with Crippen molar-refractivity contribution in [3.8, 4) is 0 Å². The van der Waals surface area contributed by atoms with Gasteiger partial charge in [-0.2, -0.15) is 0 Å². The lowest BCUT2D eigenvalue weighted by molar-refractivity contribution is 0.0173. The molecule has 0 spiro atoms. The van der Waals surface area contributed by atoms with Crippen molar-refractivity contribution in [1.29, 1.82) is 0 Å². The molecule has 0 aliphatic rings. The average molecular weight is 233 g/mol. The van der Waals surface area contributed by atoms with Gasteiger partial charge in [0, 0.05) is 33.4 Å². The third-order valence-electron chi connectivity index (χ3n) is 2.85. The van der Waals surface area contributed by atoms with Crippen LogP contribution >= 0.6 is 0 Å². The summed E-state index contributed by atoms with van der Waals surface area (Å²) in [5.74, 6) is 0. The highest BCUT2D eigenvalue weighted by Gasteiger charge is 2.18. The first kappa shape index (κ1) is 15.8. The van der Waals surface area contributed by atoms with Crippen molar-refractivity contribution in [2.45, 2.75) is 38.8 Å². The Kier molecular flexibility index (Phi) is 9.92. The monoisotopic (exact) mass is 233 g/mol. The van der Waals surface area contributed by atoms with E-state index in [1.807, 2.05) is 0 Å². The van der Waals surface area contributed by atoms with Crippen molar-refractivity contribution in [1.82, 2.24) is 4.90 Å². The Labute approximate surface area is 99.5 Å². The summed E-state index contributed by atoms with van der Waals surface area (Å²) in [5.41, 5.74) is 0. The van der Waals surface area contributed by atoms with Gasteiger partial charge in [-0.05, 0) is 12.8 Å². The Morgan fingerprint density at radius 3 is 2.19 bits per heavy atom. The molecule has 4 heteroatoms. The van der Waals surface area contributed by atoms with Crippen LogP contribution in [0.5, 0.6) is 0 Å². The Hall–Kier alpha value is -0.160. The summed E-state index contributed by atoms with van der Waals surface area (Å²) in [6.45, 7) is 6.97. The zero-order chi connectivity index (χ0) is 12.4. The normalized spacial score (nSPS) is 13.7. The maximum Gasteiger partial charge on any atom is 0.0900 e. The number of nitrogens with zero attached hydrogens (tertiary/aromatic N) is 1. The van der Waals surface area contributed by atoms with Crippen molar-refractivity contribution in [3.05, 3.63) is 0 Å². The summed E-state index contributed by atoms with van der Waals surface area (Å²) < 4.78 is 10.0. The molecular formula is C12H27NO3. The second-order valence-electron chi connectivity index (χ2n) is 4.07. The van der Waals surface area contributed by atoms with E-state index in [9.17, 15) is 5.11 Å². The molecule has 0 aromatic rings. The molecule has 4 nitrogen and oxygen atoms in total. The molecule has 0 saturated carbocycles. The van der Waals surface area contributed by atoms with Crippen molar-refractivity contribution in [2.24, 2.45) is 0 Å². The van der Waals surface area contributed by atoms with Gasteiger partial charge in [0.25, 0.3) is 0 Å². The van der Waals surface area contributed by atoms with Crippen LogP contribution in [0.25, 0.3) is 0 Å². The van der Waals surface area contributed by atoms with E-state index < -0.39 is 6.10 Å². The summed E-state index contributed by atoms with van der Waals surface area (Å²) >= 11 is 0. The maximum atomic E-state index is 9.75. The maximum absolute atomic E-state index is 9.75.